The average molecular weight is 533 g/mol. The van der Waals surface area contributed by atoms with Crippen molar-refractivity contribution in [2.45, 2.75) is 58.6 Å². The molecule has 0 atom stereocenters. The fraction of sp³-hybridized carbons (Fsp3) is 0.419. The van der Waals surface area contributed by atoms with Crippen LogP contribution in [-0.4, -0.2) is 42.2 Å². The van der Waals surface area contributed by atoms with Crippen LogP contribution in [0.2, 0.25) is 0 Å². The average Bonchev–Trinajstić information content (AvgIpc) is 3.49. The lowest BCUT2D eigenvalue weighted by molar-refractivity contribution is -0.0205. The second kappa shape index (κ2) is 10.8. The molecule has 0 radical (unpaired) electrons. The molecule has 1 aliphatic carbocycles. The third-order valence-electron chi connectivity index (χ3n) is 7.17. The number of hydrogen-bond donors (Lipinski definition) is 1. The first kappa shape index (κ1) is 26.3. The number of nitrogens with zero attached hydrogens (tertiary/aromatic N) is 1. The Kier molecular flexibility index (Phi) is 7.48. The lowest BCUT2D eigenvalue weighted by Gasteiger charge is -2.38. The second-order valence-electron chi connectivity index (χ2n) is 11.5. The van der Waals surface area contributed by atoms with Gasteiger partial charge in [0.25, 0.3) is 5.91 Å². The molecule has 2 amide bonds. The monoisotopic (exact) mass is 532 g/mol. The molecule has 7 heteroatoms. The number of carbonyl (C=O) groups is 2. The number of benzene rings is 1. The van der Waals surface area contributed by atoms with E-state index in [1.54, 1.807) is 16.2 Å². The van der Waals surface area contributed by atoms with E-state index < -0.39 is 0 Å². The van der Waals surface area contributed by atoms with Gasteiger partial charge in [-0.3, -0.25) is 4.79 Å². The van der Waals surface area contributed by atoms with Gasteiger partial charge in [-0.2, -0.15) is 0 Å². The number of amides is 2. The molecule has 1 aromatic carbocycles. The summed E-state index contributed by atoms with van der Waals surface area (Å²) in [6.45, 7) is 8.42. The van der Waals surface area contributed by atoms with Crippen molar-refractivity contribution in [1.29, 1.82) is 0 Å². The highest BCUT2D eigenvalue weighted by Gasteiger charge is 2.44. The smallest absolute Gasteiger partial charge is 0.409 e. The van der Waals surface area contributed by atoms with E-state index in [-0.39, 0.29) is 23.0 Å². The van der Waals surface area contributed by atoms with Gasteiger partial charge < -0.3 is 19.7 Å². The van der Waals surface area contributed by atoms with E-state index in [1.807, 2.05) is 41.8 Å². The molecule has 38 heavy (non-hydrogen) atoms. The third kappa shape index (κ3) is 6.21. The first-order chi connectivity index (χ1) is 18.2. The van der Waals surface area contributed by atoms with Crippen molar-refractivity contribution in [2.24, 2.45) is 5.41 Å². The van der Waals surface area contributed by atoms with Crippen LogP contribution in [0.5, 0.6) is 0 Å². The van der Waals surface area contributed by atoms with Gasteiger partial charge in [0, 0.05) is 42.8 Å². The zero-order valence-corrected chi connectivity index (χ0v) is 23.2. The van der Waals surface area contributed by atoms with Crippen LogP contribution in [0.4, 0.5) is 4.79 Å². The van der Waals surface area contributed by atoms with Gasteiger partial charge in [-0.1, -0.05) is 45.0 Å². The molecule has 2 aromatic rings. The fourth-order valence-electron chi connectivity index (χ4n) is 5.05. The number of hydrogen-bond acceptors (Lipinski definition) is 5. The number of carbonyl (C=O) groups excluding carboxylic acids is 2. The maximum Gasteiger partial charge on any atom is 0.409 e. The Morgan fingerprint density at radius 3 is 2.55 bits per heavy atom. The molecule has 1 aromatic heterocycles. The van der Waals surface area contributed by atoms with Crippen LogP contribution in [0.1, 0.15) is 67.3 Å². The highest BCUT2D eigenvalue weighted by molar-refractivity contribution is 7.09. The van der Waals surface area contributed by atoms with Gasteiger partial charge in [0.1, 0.15) is 11.4 Å². The quantitative estimate of drug-likeness (QED) is 0.465. The summed E-state index contributed by atoms with van der Waals surface area (Å²) in [7, 11) is 0. The molecule has 1 spiro atoms. The predicted octanol–water partition coefficient (Wildman–Crippen LogP) is 6.71. The van der Waals surface area contributed by atoms with Crippen LogP contribution < -0.4 is 5.32 Å². The van der Waals surface area contributed by atoms with Crippen molar-refractivity contribution < 1.29 is 19.1 Å². The molecule has 2 saturated heterocycles. The summed E-state index contributed by atoms with van der Waals surface area (Å²) in [5.41, 5.74) is 3.78. The minimum atomic E-state index is -0.258. The fourth-order valence-corrected chi connectivity index (χ4v) is 5.69. The summed E-state index contributed by atoms with van der Waals surface area (Å²) in [4.78, 5) is 28.0. The third-order valence-corrected chi connectivity index (χ3v) is 8.05. The Morgan fingerprint density at radius 1 is 1.11 bits per heavy atom. The SMILES string of the molecule is CC(C)(C)COC(=O)N1CCC2(CC1)CC1=CC(c3ccc(C(=O)NCc4cccs4)cc3)=CCC=C1O2. The van der Waals surface area contributed by atoms with Gasteiger partial charge >= 0.3 is 6.09 Å². The lowest BCUT2D eigenvalue weighted by atomic mass is 9.86. The highest BCUT2D eigenvalue weighted by Crippen LogP contribution is 2.45. The van der Waals surface area contributed by atoms with Gasteiger partial charge in [-0.05, 0) is 64.3 Å². The van der Waals surface area contributed by atoms with Crippen LogP contribution in [0, 0.1) is 5.41 Å². The van der Waals surface area contributed by atoms with Crippen molar-refractivity contribution in [3.63, 3.8) is 0 Å². The summed E-state index contributed by atoms with van der Waals surface area (Å²) in [6.07, 6.45) is 9.57. The second-order valence-corrected chi connectivity index (χ2v) is 12.6. The van der Waals surface area contributed by atoms with E-state index in [0.29, 0.717) is 31.8 Å². The molecule has 6 nitrogen and oxygen atoms in total. The van der Waals surface area contributed by atoms with E-state index in [1.165, 1.54) is 5.57 Å². The summed E-state index contributed by atoms with van der Waals surface area (Å²) in [5, 5.41) is 5.00. The minimum absolute atomic E-state index is 0.0451. The molecule has 0 unspecified atom stereocenters. The lowest BCUT2D eigenvalue weighted by Crippen LogP contribution is -2.46. The molecule has 5 rings (SSSR count). The first-order valence-corrected chi connectivity index (χ1v) is 14.2. The summed E-state index contributed by atoms with van der Waals surface area (Å²) >= 11 is 1.64. The normalized spacial score (nSPS) is 18.5. The summed E-state index contributed by atoms with van der Waals surface area (Å²) in [6, 6.07) is 11.8. The van der Waals surface area contributed by atoms with Crippen LogP contribution >= 0.6 is 11.3 Å². The molecular formula is C31H36N2O4S. The first-order valence-electron chi connectivity index (χ1n) is 13.3. The van der Waals surface area contributed by atoms with Crippen molar-refractivity contribution in [3.8, 4) is 0 Å². The number of nitrogens with one attached hydrogen (secondary N) is 1. The Balaban J connectivity index is 1.19. The van der Waals surface area contributed by atoms with Gasteiger partial charge in [0.2, 0.25) is 0 Å². The van der Waals surface area contributed by atoms with Crippen LogP contribution in [0.15, 0.2) is 71.3 Å². The van der Waals surface area contributed by atoms with Crippen molar-refractivity contribution in [1.82, 2.24) is 10.2 Å². The number of likely N-dealkylation sites (tertiary alicyclic amines) is 1. The van der Waals surface area contributed by atoms with Crippen LogP contribution in [0.3, 0.4) is 0 Å². The molecule has 3 aliphatic rings. The summed E-state index contributed by atoms with van der Waals surface area (Å²) in [5.74, 6) is 0.895. The largest absolute Gasteiger partial charge is 0.487 e. The van der Waals surface area contributed by atoms with E-state index in [0.717, 1.165) is 47.5 Å². The predicted molar refractivity (Wildman–Crippen MR) is 151 cm³/mol. The van der Waals surface area contributed by atoms with Crippen molar-refractivity contribution in [3.05, 3.63) is 87.3 Å². The standard InChI is InChI=1S/C31H36N2O4S/c1-30(2,3)21-36-29(35)33-15-13-31(14-16-33)19-25-18-24(6-4-8-27(25)37-31)22-9-11-23(12-10-22)28(34)32-20-26-7-5-17-38-26/h5-12,17-18H,4,13-16,19-21H2,1-3H3,(H,32,34). The number of fused-ring (bicyclic) bond motifs is 1. The Hall–Kier alpha value is -3.32. The van der Waals surface area contributed by atoms with Crippen LogP contribution in [-0.2, 0) is 16.0 Å². The molecule has 3 heterocycles. The Labute approximate surface area is 229 Å². The minimum Gasteiger partial charge on any atom is -0.487 e. The van der Waals surface area contributed by atoms with E-state index in [2.05, 4.69) is 44.3 Å². The molecule has 2 fully saturated rings. The molecule has 0 saturated carbocycles. The number of thiophene rings is 1. The summed E-state index contributed by atoms with van der Waals surface area (Å²) < 4.78 is 12.1. The maximum atomic E-state index is 12.6. The zero-order valence-electron chi connectivity index (χ0n) is 22.4. The van der Waals surface area contributed by atoms with Gasteiger partial charge in [-0.15, -0.1) is 11.3 Å². The highest BCUT2D eigenvalue weighted by atomic mass is 32.1. The van der Waals surface area contributed by atoms with E-state index >= 15 is 0 Å². The molecule has 1 N–H and O–H groups in total. The zero-order chi connectivity index (χ0) is 26.8. The Bertz CT molecular complexity index is 1260. The van der Waals surface area contributed by atoms with E-state index in [9.17, 15) is 9.59 Å². The van der Waals surface area contributed by atoms with Crippen molar-refractivity contribution in [2.75, 3.05) is 19.7 Å². The molecule has 200 valence electrons. The number of allylic oxidation sites excluding steroid dienone is 5. The Morgan fingerprint density at radius 2 is 1.87 bits per heavy atom. The molecule has 2 aliphatic heterocycles. The van der Waals surface area contributed by atoms with E-state index in [4.69, 9.17) is 9.47 Å². The number of ether oxygens (including phenoxy) is 2. The van der Waals surface area contributed by atoms with Crippen molar-refractivity contribution >= 4 is 28.9 Å². The van der Waals surface area contributed by atoms with Gasteiger partial charge in [-0.25, -0.2) is 4.79 Å². The number of rotatable bonds is 5. The maximum absolute atomic E-state index is 12.6. The molecular weight excluding hydrogens is 496 g/mol. The topological polar surface area (TPSA) is 67.9 Å². The van der Waals surface area contributed by atoms with Gasteiger partial charge in [0.05, 0.1) is 13.2 Å². The molecule has 0 bridgehead atoms. The number of piperidine rings is 1. The van der Waals surface area contributed by atoms with Gasteiger partial charge in [0.15, 0.2) is 0 Å². The van der Waals surface area contributed by atoms with Crippen LogP contribution in [0.25, 0.3) is 5.57 Å².